The third kappa shape index (κ3) is 1.91. The van der Waals surface area contributed by atoms with Gasteiger partial charge in [-0.05, 0) is 0 Å². The fraction of sp³-hybridized carbons (Fsp3) is 1.00. The third-order valence-corrected chi connectivity index (χ3v) is 1.49. The Morgan fingerprint density at radius 1 is 1.40 bits per heavy atom. The highest BCUT2D eigenvalue weighted by Gasteiger charge is 2.19. The zero-order chi connectivity index (χ0) is 7.40. The minimum Gasteiger partial charge on any atom is -0.364 e. The van der Waals surface area contributed by atoms with Gasteiger partial charge in [0, 0.05) is 20.8 Å². The maximum Gasteiger partial charge on any atom is 0.169 e. The summed E-state index contributed by atoms with van der Waals surface area (Å²) >= 11 is 0. The van der Waals surface area contributed by atoms with Crippen LogP contribution in [0.5, 0.6) is 0 Å². The van der Waals surface area contributed by atoms with Crippen molar-refractivity contribution < 1.29 is 14.2 Å². The molecule has 1 N–H and O–H groups in total. The number of ether oxygens (including phenoxy) is 3. The van der Waals surface area contributed by atoms with Gasteiger partial charge >= 0.3 is 0 Å². The van der Waals surface area contributed by atoms with Gasteiger partial charge in [-0.15, -0.1) is 0 Å². The predicted molar refractivity (Wildman–Crippen MR) is 35.5 cm³/mol. The van der Waals surface area contributed by atoms with E-state index in [0.29, 0.717) is 13.2 Å². The molecule has 0 aromatic rings. The highest BCUT2D eigenvalue weighted by Crippen LogP contribution is 2.00. The van der Waals surface area contributed by atoms with Gasteiger partial charge < -0.3 is 14.2 Å². The number of methoxy groups -OCH3 is 2. The molecule has 0 amide bonds. The molecule has 1 fully saturated rings. The second-order valence-electron chi connectivity index (χ2n) is 2.13. The highest BCUT2D eigenvalue weighted by atomic mass is 16.7. The van der Waals surface area contributed by atoms with Crippen LogP contribution in [0.1, 0.15) is 0 Å². The Balaban J connectivity index is 2.17. The summed E-state index contributed by atoms with van der Waals surface area (Å²) in [6, 6.07) is 0. The van der Waals surface area contributed by atoms with Gasteiger partial charge in [-0.3, -0.25) is 5.32 Å². The van der Waals surface area contributed by atoms with Crippen molar-refractivity contribution in [3.05, 3.63) is 0 Å². The molecule has 0 saturated carbocycles. The maximum atomic E-state index is 5.22. The molecule has 2 atom stereocenters. The predicted octanol–water partition coefficient (Wildman–Crippen LogP) is -0.449. The Morgan fingerprint density at radius 2 is 2.20 bits per heavy atom. The lowest BCUT2D eigenvalue weighted by Crippen LogP contribution is -2.47. The first-order chi connectivity index (χ1) is 4.86. The fourth-order valence-electron chi connectivity index (χ4n) is 0.843. The molecule has 1 aliphatic heterocycles. The van der Waals surface area contributed by atoms with E-state index in [0.717, 1.165) is 0 Å². The Morgan fingerprint density at radius 3 is 2.60 bits per heavy atom. The van der Waals surface area contributed by atoms with E-state index in [9.17, 15) is 0 Å². The first-order valence-corrected chi connectivity index (χ1v) is 3.27. The van der Waals surface area contributed by atoms with Crippen molar-refractivity contribution in [2.75, 3.05) is 27.4 Å². The van der Waals surface area contributed by atoms with Gasteiger partial charge in [0.2, 0.25) is 0 Å². The second kappa shape index (κ2) is 3.88. The van der Waals surface area contributed by atoms with Gasteiger partial charge in [0.05, 0.1) is 6.61 Å². The van der Waals surface area contributed by atoms with Crippen LogP contribution in [-0.2, 0) is 14.2 Å². The summed E-state index contributed by atoms with van der Waals surface area (Å²) < 4.78 is 15.2. The Labute approximate surface area is 60.4 Å². The average Bonchev–Trinajstić information content (AvgIpc) is 2.05. The average molecular weight is 147 g/mol. The summed E-state index contributed by atoms with van der Waals surface area (Å²) in [6.45, 7) is 1.24. The molecule has 1 rings (SSSR count). The van der Waals surface area contributed by atoms with Gasteiger partial charge in [0.25, 0.3) is 0 Å². The lowest BCUT2D eigenvalue weighted by Gasteiger charge is -2.28. The molecular formula is C6H13NO3. The van der Waals surface area contributed by atoms with E-state index in [1.807, 2.05) is 0 Å². The van der Waals surface area contributed by atoms with Crippen molar-refractivity contribution in [1.82, 2.24) is 5.32 Å². The van der Waals surface area contributed by atoms with Crippen LogP contribution in [0.15, 0.2) is 0 Å². The van der Waals surface area contributed by atoms with Crippen molar-refractivity contribution in [3.8, 4) is 0 Å². The first kappa shape index (κ1) is 7.94. The molecule has 10 heavy (non-hydrogen) atoms. The molecule has 0 aliphatic carbocycles. The number of nitrogens with one attached hydrogen (secondary N) is 1. The Hall–Kier alpha value is -0.160. The molecule has 4 nitrogen and oxygen atoms in total. The number of hydrogen-bond donors (Lipinski definition) is 1. The van der Waals surface area contributed by atoms with Crippen molar-refractivity contribution in [2.24, 2.45) is 0 Å². The van der Waals surface area contributed by atoms with Crippen molar-refractivity contribution in [2.45, 2.75) is 12.5 Å². The van der Waals surface area contributed by atoms with Crippen LogP contribution in [-0.4, -0.2) is 39.9 Å². The van der Waals surface area contributed by atoms with Gasteiger partial charge in [-0.1, -0.05) is 0 Å². The molecule has 1 heterocycles. The second-order valence-corrected chi connectivity index (χ2v) is 2.13. The van der Waals surface area contributed by atoms with Crippen LogP contribution in [0.3, 0.4) is 0 Å². The number of rotatable bonds is 2. The van der Waals surface area contributed by atoms with Crippen LogP contribution in [0.4, 0.5) is 0 Å². The highest BCUT2D eigenvalue weighted by molar-refractivity contribution is 4.62. The molecule has 0 bridgehead atoms. The van der Waals surface area contributed by atoms with Crippen LogP contribution < -0.4 is 5.32 Å². The fourth-order valence-corrected chi connectivity index (χ4v) is 0.843. The molecule has 0 aromatic heterocycles. The van der Waals surface area contributed by atoms with Crippen molar-refractivity contribution in [1.29, 1.82) is 0 Å². The van der Waals surface area contributed by atoms with Crippen LogP contribution in [0.2, 0.25) is 0 Å². The normalized spacial score (nSPS) is 34.2. The maximum absolute atomic E-state index is 5.22. The molecule has 2 unspecified atom stereocenters. The molecule has 0 spiro atoms. The Kier molecular flexibility index (Phi) is 3.08. The van der Waals surface area contributed by atoms with Crippen molar-refractivity contribution in [3.63, 3.8) is 0 Å². The summed E-state index contributed by atoms with van der Waals surface area (Å²) in [7, 11) is 3.27. The smallest absolute Gasteiger partial charge is 0.169 e. The monoisotopic (exact) mass is 147 g/mol. The zero-order valence-corrected chi connectivity index (χ0v) is 6.29. The third-order valence-electron chi connectivity index (χ3n) is 1.49. The Bertz CT molecular complexity index is 79.0. The topological polar surface area (TPSA) is 39.7 Å². The van der Waals surface area contributed by atoms with E-state index in [1.165, 1.54) is 0 Å². The standard InChI is InChI=1S/C6H13NO3/c1-8-5-4-10-6(9-2)3-7-5/h5-7H,3-4H2,1-2H3. The van der Waals surface area contributed by atoms with Gasteiger partial charge in [0.1, 0.15) is 6.23 Å². The zero-order valence-electron chi connectivity index (χ0n) is 6.29. The minimum absolute atomic E-state index is 0.0198. The van der Waals surface area contributed by atoms with Gasteiger partial charge in [-0.25, -0.2) is 0 Å². The van der Waals surface area contributed by atoms with Gasteiger partial charge in [-0.2, -0.15) is 0 Å². The van der Waals surface area contributed by atoms with E-state index in [1.54, 1.807) is 14.2 Å². The lowest BCUT2D eigenvalue weighted by atomic mass is 10.4. The summed E-state index contributed by atoms with van der Waals surface area (Å²) in [6.07, 6.45) is -0.0993. The van der Waals surface area contributed by atoms with Crippen LogP contribution in [0.25, 0.3) is 0 Å². The molecule has 60 valence electrons. The van der Waals surface area contributed by atoms with E-state index in [-0.39, 0.29) is 12.5 Å². The lowest BCUT2D eigenvalue weighted by molar-refractivity contribution is -0.177. The van der Waals surface area contributed by atoms with Crippen LogP contribution in [0, 0.1) is 0 Å². The van der Waals surface area contributed by atoms with E-state index in [2.05, 4.69) is 5.32 Å². The van der Waals surface area contributed by atoms with Gasteiger partial charge in [0.15, 0.2) is 6.29 Å². The first-order valence-electron chi connectivity index (χ1n) is 3.27. The van der Waals surface area contributed by atoms with E-state index >= 15 is 0 Å². The van der Waals surface area contributed by atoms with Crippen LogP contribution >= 0.6 is 0 Å². The molecular weight excluding hydrogens is 134 g/mol. The molecule has 1 saturated heterocycles. The summed E-state index contributed by atoms with van der Waals surface area (Å²) in [5, 5.41) is 3.10. The van der Waals surface area contributed by atoms with E-state index < -0.39 is 0 Å². The summed E-state index contributed by atoms with van der Waals surface area (Å²) in [5.74, 6) is 0. The van der Waals surface area contributed by atoms with E-state index in [4.69, 9.17) is 14.2 Å². The quantitative estimate of drug-likeness (QED) is 0.574. The summed E-state index contributed by atoms with van der Waals surface area (Å²) in [4.78, 5) is 0. The molecule has 0 aromatic carbocycles. The number of morpholine rings is 1. The minimum atomic E-state index is -0.119. The summed E-state index contributed by atoms with van der Waals surface area (Å²) in [5.41, 5.74) is 0. The molecule has 4 heteroatoms. The SMILES string of the molecule is COC1COC(OC)CN1. The van der Waals surface area contributed by atoms with Crippen molar-refractivity contribution >= 4 is 0 Å². The molecule has 0 radical (unpaired) electrons. The molecule has 1 aliphatic rings. The number of hydrogen-bond acceptors (Lipinski definition) is 4. The largest absolute Gasteiger partial charge is 0.364 e.